The zero-order valence-electron chi connectivity index (χ0n) is 19.1. The number of anilines is 2. The van der Waals surface area contributed by atoms with Gasteiger partial charge in [-0.1, -0.05) is 30.5 Å². The van der Waals surface area contributed by atoms with Crippen molar-refractivity contribution in [1.29, 1.82) is 0 Å². The lowest BCUT2D eigenvalue weighted by molar-refractivity contribution is 0.373. The first-order valence-electron chi connectivity index (χ1n) is 10.7. The topological polar surface area (TPSA) is 116 Å². The van der Waals surface area contributed by atoms with Crippen LogP contribution in [-0.4, -0.2) is 53.0 Å². The predicted octanol–water partition coefficient (Wildman–Crippen LogP) is 3.82. The van der Waals surface area contributed by atoms with E-state index < -0.39 is 10.0 Å². The molecule has 11 heteroatoms. The summed E-state index contributed by atoms with van der Waals surface area (Å²) < 4.78 is 50.4. The molecule has 0 unspecified atom stereocenters. The average molecular weight is 477 g/mol. The molecule has 0 saturated heterocycles. The van der Waals surface area contributed by atoms with Gasteiger partial charge in [0.05, 0.1) is 21.3 Å². The van der Waals surface area contributed by atoms with Gasteiger partial charge in [0, 0.05) is 19.2 Å². The third-order valence-corrected chi connectivity index (χ3v) is 7.38. The number of rotatable bonds is 8. The fraction of sp³-hybridized carbons (Fsp3) is 0.455. The number of nitrogens with one attached hydrogen (secondary N) is 1. The van der Waals surface area contributed by atoms with Gasteiger partial charge in [0.2, 0.25) is 0 Å². The van der Waals surface area contributed by atoms with E-state index >= 15 is 0 Å². The summed E-state index contributed by atoms with van der Waals surface area (Å²) in [5.41, 5.74) is 0.178. The van der Waals surface area contributed by atoms with Crippen molar-refractivity contribution in [3.8, 4) is 17.2 Å². The highest BCUT2D eigenvalue weighted by atomic mass is 32.2. The van der Waals surface area contributed by atoms with Gasteiger partial charge in [-0.05, 0) is 25.0 Å². The van der Waals surface area contributed by atoms with Crippen molar-refractivity contribution in [3.05, 3.63) is 24.3 Å². The number of ether oxygens (including phenoxy) is 3. The lowest BCUT2D eigenvalue weighted by atomic mass is 9.94. The second-order valence-corrected chi connectivity index (χ2v) is 9.51. The molecule has 33 heavy (non-hydrogen) atoms. The number of hydrogen-bond acceptors (Lipinski definition) is 9. The highest BCUT2D eigenvalue weighted by Gasteiger charge is 2.29. The van der Waals surface area contributed by atoms with Gasteiger partial charge in [-0.3, -0.25) is 4.72 Å². The molecule has 178 valence electrons. The van der Waals surface area contributed by atoms with Gasteiger partial charge in [-0.25, -0.2) is 8.42 Å². The molecule has 2 heterocycles. The molecule has 2 aromatic heterocycles. The van der Waals surface area contributed by atoms with Crippen molar-refractivity contribution in [3.63, 3.8) is 0 Å². The quantitative estimate of drug-likeness (QED) is 0.518. The summed E-state index contributed by atoms with van der Waals surface area (Å²) in [6.07, 6.45) is 5.83. The number of aromatic nitrogens is 2. The number of nitrogens with zero attached hydrogens (tertiary/aromatic N) is 3. The summed E-state index contributed by atoms with van der Waals surface area (Å²) in [7, 11) is 2.13. The molecule has 3 aromatic rings. The Kier molecular flexibility index (Phi) is 6.50. The van der Waals surface area contributed by atoms with Crippen LogP contribution in [0.25, 0.3) is 11.1 Å². The third-order valence-electron chi connectivity index (χ3n) is 5.98. The molecule has 0 aliphatic heterocycles. The molecule has 0 atom stereocenters. The zero-order chi connectivity index (χ0) is 23.6. The first kappa shape index (κ1) is 23.0. The lowest BCUT2D eigenvalue weighted by Crippen LogP contribution is -2.33. The molecule has 1 N–H and O–H groups in total. The normalized spacial score (nSPS) is 14.8. The largest absolute Gasteiger partial charge is 0.496 e. The van der Waals surface area contributed by atoms with Gasteiger partial charge >= 0.3 is 0 Å². The summed E-state index contributed by atoms with van der Waals surface area (Å²) >= 11 is 0. The predicted molar refractivity (Wildman–Crippen MR) is 124 cm³/mol. The van der Waals surface area contributed by atoms with Crippen LogP contribution in [-0.2, 0) is 10.0 Å². The Hall–Kier alpha value is -3.21. The first-order valence-corrected chi connectivity index (χ1v) is 12.2. The van der Waals surface area contributed by atoms with E-state index in [9.17, 15) is 8.42 Å². The Morgan fingerprint density at radius 1 is 1.03 bits per heavy atom. The summed E-state index contributed by atoms with van der Waals surface area (Å²) in [6, 6.07) is 6.86. The van der Waals surface area contributed by atoms with Gasteiger partial charge in [0.15, 0.2) is 10.7 Å². The molecule has 0 bridgehead atoms. The van der Waals surface area contributed by atoms with Gasteiger partial charge in [0.1, 0.15) is 28.5 Å². The van der Waals surface area contributed by atoms with E-state index in [0.717, 1.165) is 12.8 Å². The van der Waals surface area contributed by atoms with Crippen LogP contribution >= 0.6 is 0 Å². The van der Waals surface area contributed by atoms with Crippen LogP contribution in [0, 0.1) is 0 Å². The zero-order valence-corrected chi connectivity index (χ0v) is 19.9. The van der Waals surface area contributed by atoms with Crippen LogP contribution < -0.4 is 23.8 Å². The first-order chi connectivity index (χ1) is 15.9. The molecule has 1 saturated carbocycles. The van der Waals surface area contributed by atoms with Crippen molar-refractivity contribution in [2.24, 2.45) is 0 Å². The Labute approximate surface area is 192 Å². The van der Waals surface area contributed by atoms with E-state index in [4.69, 9.17) is 18.7 Å². The molecule has 1 aliphatic rings. The molecule has 10 nitrogen and oxygen atoms in total. The maximum atomic E-state index is 13.3. The van der Waals surface area contributed by atoms with Crippen molar-refractivity contribution >= 4 is 32.8 Å². The Morgan fingerprint density at radius 3 is 2.27 bits per heavy atom. The Bertz CT molecular complexity index is 1210. The van der Waals surface area contributed by atoms with E-state index in [-0.39, 0.29) is 27.9 Å². The monoisotopic (exact) mass is 476 g/mol. The van der Waals surface area contributed by atoms with Crippen LogP contribution in [0.1, 0.15) is 32.1 Å². The molecular weight excluding hydrogens is 448 g/mol. The highest BCUT2D eigenvalue weighted by molar-refractivity contribution is 7.93. The number of fused-ring (bicyclic) bond motifs is 1. The second kappa shape index (κ2) is 9.34. The minimum Gasteiger partial charge on any atom is -0.496 e. The smallest absolute Gasteiger partial charge is 0.270 e. The third kappa shape index (κ3) is 4.37. The second-order valence-electron chi connectivity index (χ2n) is 7.89. The lowest BCUT2D eigenvalue weighted by Gasteiger charge is -2.32. The fourth-order valence-corrected chi connectivity index (χ4v) is 5.56. The van der Waals surface area contributed by atoms with Crippen LogP contribution in [0.2, 0.25) is 0 Å². The van der Waals surface area contributed by atoms with Gasteiger partial charge in [-0.2, -0.15) is 4.98 Å². The Balaban J connectivity index is 1.73. The maximum Gasteiger partial charge on any atom is 0.270 e. The SMILES string of the molecule is COc1cccc(OC)c1S(=O)(=O)Nc1noc2nc(N(C)C3CCCCC3)cc(OC)c12. The minimum absolute atomic E-state index is 0.0332. The molecule has 0 spiro atoms. The molecule has 4 rings (SSSR count). The standard InChI is InChI=1S/C22H28N4O6S/c1-26(14-9-6-5-7-10-14)18-13-17(31-4)19-21(24-32-22(19)23-18)25-33(27,28)20-15(29-2)11-8-12-16(20)30-3/h8,11-14H,5-7,9-10H2,1-4H3,(H,24,25). The summed E-state index contributed by atoms with van der Waals surface area (Å²) in [6.45, 7) is 0. The van der Waals surface area contributed by atoms with E-state index in [0.29, 0.717) is 23.0 Å². The minimum atomic E-state index is -4.15. The number of sulfonamides is 1. The highest BCUT2D eigenvalue weighted by Crippen LogP contribution is 2.38. The number of methoxy groups -OCH3 is 3. The summed E-state index contributed by atoms with van der Waals surface area (Å²) in [5.74, 6) is 1.33. The van der Waals surface area contributed by atoms with Crippen molar-refractivity contribution in [2.75, 3.05) is 38.0 Å². The maximum absolute atomic E-state index is 13.3. The van der Waals surface area contributed by atoms with E-state index in [1.54, 1.807) is 12.1 Å². The van der Waals surface area contributed by atoms with Crippen molar-refractivity contribution < 1.29 is 27.2 Å². The Morgan fingerprint density at radius 2 is 1.67 bits per heavy atom. The van der Waals surface area contributed by atoms with E-state index in [1.165, 1.54) is 52.7 Å². The molecule has 0 amide bonds. The number of benzene rings is 1. The fourth-order valence-electron chi connectivity index (χ4n) is 4.23. The summed E-state index contributed by atoms with van der Waals surface area (Å²) in [5, 5.41) is 4.26. The van der Waals surface area contributed by atoms with Gasteiger partial charge in [-0.15, -0.1) is 0 Å². The molecule has 1 aliphatic carbocycles. The van der Waals surface area contributed by atoms with E-state index in [2.05, 4.69) is 19.8 Å². The molecule has 1 fully saturated rings. The van der Waals surface area contributed by atoms with Crippen LogP contribution in [0.3, 0.4) is 0 Å². The molecule has 1 aromatic carbocycles. The van der Waals surface area contributed by atoms with Crippen molar-refractivity contribution in [1.82, 2.24) is 10.1 Å². The van der Waals surface area contributed by atoms with Crippen LogP contribution in [0.5, 0.6) is 17.2 Å². The summed E-state index contributed by atoms with van der Waals surface area (Å²) in [4.78, 5) is 6.55. The molecular formula is C22H28N4O6S. The van der Waals surface area contributed by atoms with Gasteiger partial charge in [0.25, 0.3) is 15.7 Å². The number of hydrogen-bond donors (Lipinski definition) is 1. The average Bonchev–Trinajstić information content (AvgIpc) is 3.24. The molecule has 0 radical (unpaired) electrons. The van der Waals surface area contributed by atoms with Crippen LogP contribution in [0.4, 0.5) is 11.6 Å². The van der Waals surface area contributed by atoms with Crippen molar-refractivity contribution in [2.45, 2.75) is 43.0 Å². The van der Waals surface area contributed by atoms with Crippen LogP contribution in [0.15, 0.2) is 33.7 Å². The van der Waals surface area contributed by atoms with E-state index in [1.807, 2.05) is 7.05 Å². The number of pyridine rings is 1. The van der Waals surface area contributed by atoms with Gasteiger partial charge < -0.3 is 23.6 Å².